The fourth-order valence-corrected chi connectivity index (χ4v) is 6.62. The van der Waals surface area contributed by atoms with Gasteiger partial charge in [-0.1, -0.05) is 135 Å². The van der Waals surface area contributed by atoms with Gasteiger partial charge in [-0.15, -0.1) is 0 Å². The Bertz CT molecular complexity index is 2460. The zero-order valence-corrected chi connectivity index (χ0v) is 22.5. The molecule has 0 unspecified atom stereocenters. The van der Waals surface area contributed by atoms with Gasteiger partial charge < -0.3 is 4.42 Å². The number of allylic oxidation sites excluding steroid dienone is 1. The number of hydrogen-bond acceptors (Lipinski definition) is 1. The molecule has 1 heterocycles. The van der Waals surface area contributed by atoms with E-state index in [1.807, 2.05) is 18.2 Å². The van der Waals surface area contributed by atoms with Crippen molar-refractivity contribution in [3.63, 3.8) is 0 Å². The third-order valence-corrected chi connectivity index (χ3v) is 8.36. The van der Waals surface area contributed by atoms with Gasteiger partial charge in [-0.05, 0) is 66.0 Å². The Morgan fingerprint density at radius 3 is 1.90 bits per heavy atom. The Morgan fingerprint density at radius 1 is 0.512 bits per heavy atom. The van der Waals surface area contributed by atoms with Gasteiger partial charge in [0.05, 0.1) is 0 Å². The number of hydrogen-bond donors (Lipinski definition) is 0. The molecule has 0 saturated heterocycles. The van der Waals surface area contributed by atoms with Gasteiger partial charge in [-0.25, -0.2) is 0 Å². The number of furan rings is 1. The van der Waals surface area contributed by atoms with Crippen LogP contribution in [0.1, 0.15) is 0 Å². The van der Waals surface area contributed by atoms with E-state index in [0.717, 1.165) is 54.5 Å². The maximum absolute atomic E-state index is 6.52. The molecule has 0 aliphatic heterocycles. The fourth-order valence-electron chi connectivity index (χ4n) is 6.62. The highest BCUT2D eigenvalue weighted by atomic mass is 16.3. The zero-order chi connectivity index (χ0) is 27.5. The molecule has 8 rings (SSSR count). The highest BCUT2D eigenvalue weighted by molar-refractivity contribution is 6.18. The molecule has 7 aromatic carbocycles. The minimum Gasteiger partial charge on any atom is -0.455 e. The lowest BCUT2D eigenvalue weighted by atomic mass is 9.85. The normalized spacial score (nSPS) is 12.2. The summed E-state index contributed by atoms with van der Waals surface area (Å²) >= 11 is 0. The first-order chi connectivity index (χ1) is 20.2. The molecule has 1 aromatic heterocycles. The van der Waals surface area contributed by atoms with Crippen LogP contribution in [-0.4, -0.2) is 0 Å². The Kier molecular flexibility index (Phi) is 5.20. The lowest BCUT2D eigenvalue weighted by Crippen LogP contribution is -2.28. The molecule has 0 saturated carbocycles. The van der Waals surface area contributed by atoms with Crippen LogP contribution in [0.25, 0.3) is 89.2 Å². The highest BCUT2D eigenvalue weighted by Crippen LogP contribution is 2.40. The van der Waals surface area contributed by atoms with Crippen LogP contribution in [-0.2, 0) is 0 Å². The van der Waals surface area contributed by atoms with Crippen molar-refractivity contribution < 1.29 is 4.42 Å². The molecule has 41 heavy (non-hydrogen) atoms. The van der Waals surface area contributed by atoms with Gasteiger partial charge in [0.1, 0.15) is 11.2 Å². The Labute approximate surface area is 237 Å². The van der Waals surface area contributed by atoms with Gasteiger partial charge in [-0.2, -0.15) is 0 Å². The lowest BCUT2D eigenvalue weighted by Gasteiger charge is -2.18. The predicted molar refractivity (Wildman–Crippen MR) is 177 cm³/mol. The molecule has 1 nitrogen and oxygen atoms in total. The van der Waals surface area contributed by atoms with E-state index in [1.165, 1.54) is 32.5 Å². The van der Waals surface area contributed by atoms with Crippen LogP contribution in [0, 0.1) is 0 Å². The van der Waals surface area contributed by atoms with Crippen LogP contribution >= 0.6 is 0 Å². The summed E-state index contributed by atoms with van der Waals surface area (Å²) in [6, 6.07) is 43.0. The third kappa shape index (κ3) is 3.43. The molecule has 0 spiro atoms. The average molecular weight is 523 g/mol. The van der Waals surface area contributed by atoms with E-state index in [0.29, 0.717) is 0 Å². The van der Waals surface area contributed by atoms with E-state index in [1.54, 1.807) is 0 Å². The van der Waals surface area contributed by atoms with E-state index in [9.17, 15) is 0 Å². The van der Waals surface area contributed by atoms with Crippen LogP contribution in [0.15, 0.2) is 138 Å². The van der Waals surface area contributed by atoms with Crippen molar-refractivity contribution in [1.82, 2.24) is 0 Å². The van der Waals surface area contributed by atoms with Gasteiger partial charge in [0, 0.05) is 21.9 Å². The molecule has 0 fully saturated rings. The summed E-state index contributed by atoms with van der Waals surface area (Å²) in [5.74, 6) is 0. The van der Waals surface area contributed by atoms with Crippen LogP contribution in [0.2, 0.25) is 0 Å². The van der Waals surface area contributed by atoms with Crippen molar-refractivity contribution in [1.29, 1.82) is 0 Å². The first kappa shape index (κ1) is 23.5. The SMILES string of the molecule is C=C/C=c1/c(-c2cccc3c2oc2ccccc23)c2ccccc2c(-c2cc3ccccc3c3ccccc23)c1=C. The van der Waals surface area contributed by atoms with E-state index < -0.39 is 0 Å². The van der Waals surface area contributed by atoms with Gasteiger partial charge >= 0.3 is 0 Å². The molecule has 0 aliphatic carbocycles. The van der Waals surface area contributed by atoms with Crippen LogP contribution in [0.4, 0.5) is 0 Å². The monoisotopic (exact) mass is 522 g/mol. The van der Waals surface area contributed by atoms with Gasteiger partial charge in [0.25, 0.3) is 0 Å². The van der Waals surface area contributed by atoms with Gasteiger partial charge in [-0.3, -0.25) is 0 Å². The minimum atomic E-state index is 0.890. The van der Waals surface area contributed by atoms with Gasteiger partial charge in [0.2, 0.25) is 0 Å². The summed E-state index contributed by atoms with van der Waals surface area (Å²) < 4.78 is 6.52. The molecule has 192 valence electrons. The summed E-state index contributed by atoms with van der Waals surface area (Å²) in [4.78, 5) is 0. The second-order valence-electron chi connectivity index (χ2n) is 10.6. The van der Waals surface area contributed by atoms with Crippen molar-refractivity contribution in [2.75, 3.05) is 0 Å². The summed E-state index contributed by atoms with van der Waals surface area (Å²) in [6.45, 7) is 8.85. The van der Waals surface area contributed by atoms with Crippen LogP contribution < -0.4 is 10.4 Å². The molecule has 0 bridgehead atoms. The molecule has 0 amide bonds. The number of rotatable bonds is 3. The van der Waals surface area contributed by atoms with Crippen molar-refractivity contribution >= 4 is 66.9 Å². The zero-order valence-electron chi connectivity index (χ0n) is 22.5. The minimum absolute atomic E-state index is 0.890. The summed E-state index contributed by atoms with van der Waals surface area (Å²) in [6.07, 6.45) is 3.96. The Hall–Kier alpha value is -5.40. The molecular weight excluding hydrogens is 496 g/mol. The maximum atomic E-state index is 6.52. The van der Waals surface area contributed by atoms with Crippen LogP contribution in [0.5, 0.6) is 0 Å². The van der Waals surface area contributed by atoms with Crippen molar-refractivity contribution in [2.45, 2.75) is 0 Å². The number of benzene rings is 7. The smallest absolute Gasteiger partial charge is 0.143 e. The van der Waals surface area contributed by atoms with E-state index in [2.05, 4.69) is 122 Å². The van der Waals surface area contributed by atoms with Gasteiger partial charge in [0.15, 0.2) is 0 Å². The summed E-state index contributed by atoms with van der Waals surface area (Å²) in [5.41, 5.74) is 6.29. The molecule has 0 radical (unpaired) electrons. The summed E-state index contributed by atoms with van der Waals surface area (Å²) in [5, 5.41) is 11.5. The second-order valence-corrected chi connectivity index (χ2v) is 10.6. The first-order valence-corrected chi connectivity index (χ1v) is 13.9. The highest BCUT2D eigenvalue weighted by Gasteiger charge is 2.19. The quantitative estimate of drug-likeness (QED) is 0.211. The van der Waals surface area contributed by atoms with Crippen molar-refractivity contribution in [2.24, 2.45) is 0 Å². The van der Waals surface area contributed by atoms with Crippen molar-refractivity contribution in [3.05, 3.63) is 144 Å². The summed E-state index contributed by atoms with van der Waals surface area (Å²) in [7, 11) is 0. The Balaban J connectivity index is 1.57. The van der Waals surface area contributed by atoms with Crippen LogP contribution in [0.3, 0.4) is 0 Å². The molecule has 0 aliphatic rings. The molecule has 8 aromatic rings. The average Bonchev–Trinajstić information content (AvgIpc) is 3.41. The van der Waals surface area contributed by atoms with E-state index >= 15 is 0 Å². The number of para-hydroxylation sites is 2. The van der Waals surface area contributed by atoms with Crippen molar-refractivity contribution in [3.8, 4) is 22.3 Å². The standard InChI is InChI=1S/C40H26O/c1-3-13-27-25(2)38(36-24-26-14-4-5-15-28(26)29-16-6-7-17-30(29)36)32-19-8-9-20-33(32)39(27)35-22-12-21-34-31-18-10-11-23-37(31)41-40(34)35/h3-24H,1-2H2/b27-13+. The van der Waals surface area contributed by atoms with E-state index in [-0.39, 0.29) is 0 Å². The molecule has 0 atom stereocenters. The largest absolute Gasteiger partial charge is 0.455 e. The second kappa shape index (κ2) is 9.08. The molecular formula is C40H26O. The fraction of sp³-hybridized carbons (Fsp3) is 0. The predicted octanol–water partition coefficient (Wildman–Crippen LogP) is 9.76. The Morgan fingerprint density at radius 2 is 1.12 bits per heavy atom. The molecule has 0 N–H and O–H groups in total. The van der Waals surface area contributed by atoms with E-state index in [4.69, 9.17) is 11.0 Å². The lowest BCUT2D eigenvalue weighted by molar-refractivity contribution is 0.670. The third-order valence-electron chi connectivity index (χ3n) is 8.36. The number of fused-ring (bicyclic) bond motifs is 7. The first-order valence-electron chi connectivity index (χ1n) is 13.9. The topological polar surface area (TPSA) is 13.1 Å². The maximum Gasteiger partial charge on any atom is 0.143 e. The molecule has 1 heteroatoms.